The summed E-state index contributed by atoms with van der Waals surface area (Å²) < 4.78 is 0. The third-order valence-electron chi connectivity index (χ3n) is 4.20. The minimum atomic E-state index is -0.317. The van der Waals surface area contributed by atoms with Crippen molar-refractivity contribution in [1.82, 2.24) is 0 Å². The Morgan fingerprint density at radius 1 is 1.28 bits per heavy atom. The van der Waals surface area contributed by atoms with Gasteiger partial charge in [0.2, 0.25) is 6.54 Å². The average Bonchev–Trinajstić information content (AvgIpc) is 2.68. The van der Waals surface area contributed by atoms with Gasteiger partial charge in [-0.25, -0.2) is 0 Å². The van der Waals surface area contributed by atoms with Gasteiger partial charge in [0, 0.05) is 11.3 Å². The molecule has 0 radical (unpaired) electrons. The Kier molecular flexibility index (Phi) is 3.99. The summed E-state index contributed by atoms with van der Waals surface area (Å²) in [7, 11) is 0. The van der Waals surface area contributed by atoms with E-state index in [9.17, 15) is 20.0 Å². The van der Waals surface area contributed by atoms with Crippen molar-refractivity contribution in [2.24, 2.45) is 11.8 Å². The van der Waals surface area contributed by atoms with E-state index in [1.54, 1.807) is 0 Å². The van der Waals surface area contributed by atoms with Gasteiger partial charge in [0.1, 0.15) is 0 Å². The molecule has 0 aromatic rings. The van der Waals surface area contributed by atoms with E-state index >= 15 is 0 Å². The number of aliphatic hydroxyl groups excluding tert-OH is 1. The van der Waals surface area contributed by atoms with Crippen molar-refractivity contribution < 1.29 is 14.8 Å². The molecule has 0 heterocycles. The van der Waals surface area contributed by atoms with Crippen LogP contribution in [0.25, 0.3) is 0 Å². The summed E-state index contributed by atoms with van der Waals surface area (Å²) in [4.78, 5) is 21.9. The molecule has 0 aromatic carbocycles. The molecule has 5 nitrogen and oxygen atoms in total. The number of ketones is 1. The lowest BCUT2D eigenvalue weighted by Gasteiger charge is -2.28. The van der Waals surface area contributed by atoms with Crippen LogP contribution < -0.4 is 0 Å². The molecule has 2 rings (SSSR count). The standard InChI is InChI=1S/C13H19NO4/c15-12-7-6-10(13(12)16)11(8-14(17)18)9-4-2-1-3-5-9/h9,11,16H,1-8H2/t11-/m1/s1. The predicted molar refractivity (Wildman–Crippen MR) is 65.8 cm³/mol. The number of hydrogen-bond donors (Lipinski definition) is 1. The number of rotatable bonds is 4. The van der Waals surface area contributed by atoms with Crippen molar-refractivity contribution in [1.29, 1.82) is 0 Å². The highest BCUT2D eigenvalue weighted by Gasteiger charge is 2.36. The topological polar surface area (TPSA) is 80.4 Å². The third kappa shape index (κ3) is 2.71. The zero-order chi connectivity index (χ0) is 13.1. The van der Waals surface area contributed by atoms with Gasteiger partial charge >= 0.3 is 0 Å². The molecule has 0 aliphatic heterocycles. The average molecular weight is 253 g/mol. The predicted octanol–water partition coefficient (Wildman–Crippen LogP) is 2.63. The first-order valence-corrected chi connectivity index (χ1v) is 6.66. The Bertz CT molecular complexity index is 382. The van der Waals surface area contributed by atoms with Crippen LogP contribution in [0.5, 0.6) is 0 Å². The van der Waals surface area contributed by atoms with Crippen molar-refractivity contribution >= 4 is 5.78 Å². The summed E-state index contributed by atoms with van der Waals surface area (Å²) in [5.74, 6) is -0.430. The summed E-state index contributed by atoms with van der Waals surface area (Å²) in [6, 6.07) is 0. The Hall–Kier alpha value is -1.39. The Balaban J connectivity index is 2.19. The number of nitro groups is 1. The van der Waals surface area contributed by atoms with Crippen LogP contribution in [-0.2, 0) is 4.79 Å². The molecular weight excluding hydrogens is 234 g/mol. The minimum Gasteiger partial charge on any atom is -0.504 e. The van der Waals surface area contributed by atoms with Gasteiger partial charge in [0.05, 0.1) is 5.92 Å². The van der Waals surface area contributed by atoms with E-state index in [2.05, 4.69) is 0 Å². The zero-order valence-corrected chi connectivity index (χ0v) is 10.4. The number of Topliss-reactive ketones (excluding diaryl/α,β-unsaturated/α-hetero) is 1. The molecule has 0 spiro atoms. The molecule has 0 saturated heterocycles. The third-order valence-corrected chi connectivity index (χ3v) is 4.20. The number of aliphatic hydroxyl groups is 1. The van der Waals surface area contributed by atoms with Crippen molar-refractivity contribution in [2.75, 3.05) is 6.54 Å². The fourth-order valence-electron chi connectivity index (χ4n) is 3.27. The lowest BCUT2D eigenvalue weighted by Crippen LogP contribution is -2.27. The molecule has 0 amide bonds. The second-order valence-electron chi connectivity index (χ2n) is 5.32. The smallest absolute Gasteiger partial charge is 0.210 e. The van der Waals surface area contributed by atoms with E-state index in [1.165, 1.54) is 6.42 Å². The summed E-state index contributed by atoms with van der Waals surface area (Å²) in [6.07, 6.45) is 6.14. The minimum absolute atomic E-state index is 0.155. The van der Waals surface area contributed by atoms with Crippen LogP contribution in [0.4, 0.5) is 0 Å². The molecule has 2 aliphatic rings. The van der Waals surface area contributed by atoms with Gasteiger partial charge in [0.15, 0.2) is 11.5 Å². The van der Waals surface area contributed by atoms with Crippen LogP contribution in [0.1, 0.15) is 44.9 Å². The van der Waals surface area contributed by atoms with Crippen LogP contribution in [0, 0.1) is 22.0 Å². The van der Waals surface area contributed by atoms with Crippen molar-refractivity contribution in [3.8, 4) is 0 Å². The van der Waals surface area contributed by atoms with Gasteiger partial charge < -0.3 is 5.11 Å². The highest BCUT2D eigenvalue weighted by molar-refractivity contribution is 5.96. The lowest BCUT2D eigenvalue weighted by atomic mass is 9.76. The quantitative estimate of drug-likeness (QED) is 0.617. The first-order valence-electron chi connectivity index (χ1n) is 6.66. The lowest BCUT2D eigenvalue weighted by molar-refractivity contribution is -0.488. The van der Waals surface area contributed by atoms with Gasteiger partial charge in [-0.1, -0.05) is 19.3 Å². The molecule has 5 heteroatoms. The normalized spacial score (nSPS) is 23.4. The maximum Gasteiger partial charge on any atom is 0.210 e. The van der Waals surface area contributed by atoms with E-state index in [1.807, 2.05) is 0 Å². The van der Waals surface area contributed by atoms with Gasteiger partial charge in [-0.2, -0.15) is 0 Å². The maximum atomic E-state index is 11.4. The number of carbonyl (C=O) groups excluding carboxylic acids is 1. The summed E-state index contributed by atoms with van der Waals surface area (Å²) >= 11 is 0. The molecule has 100 valence electrons. The van der Waals surface area contributed by atoms with Gasteiger partial charge in [-0.15, -0.1) is 0 Å². The van der Waals surface area contributed by atoms with Crippen LogP contribution in [-0.4, -0.2) is 22.4 Å². The van der Waals surface area contributed by atoms with Crippen LogP contribution in [0.3, 0.4) is 0 Å². The molecular formula is C13H19NO4. The van der Waals surface area contributed by atoms with Gasteiger partial charge in [0.25, 0.3) is 0 Å². The SMILES string of the molecule is O=C1CCC([C@H](C[N+](=O)[O-])C2CCCCC2)=C1O. The van der Waals surface area contributed by atoms with E-state index in [0.717, 1.165) is 25.7 Å². The van der Waals surface area contributed by atoms with E-state index in [-0.39, 0.29) is 34.8 Å². The molecule has 18 heavy (non-hydrogen) atoms. The maximum absolute atomic E-state index is 11.4. The molecule has 0 unspecified atom stereocenters. The number of hydrogen-bond acceptors (Lipinski definition) is 4. The summed E-state index contributed by atoms with van der Waals surface area (Å²) in [5, 5.41) is 20.6. The van der Waals surface area contributed by atoms with E-state index in [4.69, 9.17) is 0 Å². The first kappa shape index (κ1) is 13.1. The second kappa shape index (κ2) is 5.50. The monoisotopic (exact) mass is 253 g/mol. The largest absolute Gasteiger partial charge is 0.504 e. The highest BCUT2D eigenvalue weighted by atomic mass is 16.6. The number of nitrogens with zero attached hydrogens (tertiary/aromatic N) is 1. The number of carbonyl (C=O) groups is 1. The Morgan fingerprint density at radius 2 is 1.94 bits per heavy atom. The molecule has 1 fully saturated rings. The van der Waals surface area contributed by atoms with Crippen LogP contribution >= 0.6 is 0 Å². The molecule has 1 atom stereocenters. The van der Waals surface area contributed by atoms with E-state index < -0.39 is 0 Å². The second-order valence-corrected chi connectivity index (χ2v) is 5.32. The summed E-state index contributed by atoms with van der Waals surface area (Å²) in [6.45, 7) is -0.155. The van der Waals surface area contributed by atoms with Gasteiger partial charge in [-0.3, -0.25) is 14.9 Å². The van der Waals surface area contributed by atoms with E-state index in [0.29, 0.717) is 18.4 Å². The zero-order valence-electron chi connectivity index (χ0n) is 10.4. The Labute approximate surface area is 106 Å². The summed E-state index contributed by atoms with van der Waals surface area (Å²) in [5.41, 5.74) is 0.642. The Morgan fingerprint density at radius 3 is 2.44 bits per heavy atom. The van der Waals surface area contributed by atoms with Crippen molar-refractivity contribution in [3.05, 3.63) is 21.4 Å². The first-order chi connectivity index (χ1) is 8.59. The fraction of sp³-hybridized carbons (Fsp3) is 0.769. The van der Waals surface area contributed by atoms with Crippen molar-refractivity contribution in [3.63, 3.8) is 0 Å². The molecule has 2 aliphatic carbocycles. The molecule has 0 aromatic heterocycles. The van der Waals surface area contributed by atoms with Crippen LogP contribution in [0.2, 0.25) is 0 Å². The fourth-order valence-corrected chi connectivity index (χ4v) is 3.27. The molecule has 0 bridgehead atoms. The molecule has 1 N–H and O–H groups in total. The van der Waals surface area contributed by atoms with Crippen molar-refractivity contribution in [2.45, 2.75) is 44.9 Å². The molecule has 1 saturated carbocycles. The van der Waals surface area contributed by atoms with Crippen LogP contribution in [0.15, 0.2) is 11.3 Å². The number of allylic oxidation sites excluding steroid dienone is 1. The van der Waals surface area contributed by atoms with Gasteiger partial charge in [-0.05, 0) is 30.8 Å². The highest BCUT2D eigenvalue weighted by Crippen LogP contribution is 2.38.